The van der Waals surface area contributed by atoms with Crippen molar-refractivity contribution in [1.29, 1.82) is 0 Å². The number of amides is 1. The lowest BCUT2D eigenvalue weighted by molar-refractivity contribution is -0.105. The first kappa shape index (κ1) is 10.3. The average Bonchev–Trinajstić information content (AvgIpc) is 2.24. The number of nitrogens with one attached hydrogen (secondary N) is 1. The van der Waals surface area contributed by atoms with E-state index in [2.05, 4.69) is 37.9 Å². The topological polar surface area (TPSA) is 54.9 Å². The number of hydrogen-bond acceptors (Lipinski definition) is 3. The Morgan fingerprint density at radius 2 is 2.13 bits per heavy atom. The van der Waals surface area contributed by atoms with E-state index in [1.807, 2.05) is 19.2 Å². The average molecular weight is 313 g/mol. The lowest BCUT2D eigenvalue weighted by Crippen LogP contribution is -1.97. The number of hydrogen-bond donors (Lipinski definition) is 1. The summed E-state index contributed by atoms with van der Waals surface area (Å²) in [6.45, 7) is 1.94. The Bertz CT molecular complexity index is 527. The van der Waals surface area contributed by atoms with E-state index in [-0.39, 0.29) is 0 Å². The molecule has 0 saturated carbocycles. The molecule has 2 rings (SSSR count). The maximum absolute atomic E-state index is 10.3. The largest absolute Gasteiger partial charge is 0.313 e. The maximum atomic E-state index is 10.3. The third-order valence-corrected chi connectivity index (χ3v) is 2.99. The molecule has 5 heteroatoms. The van der Waals surface area contributed by atoms with Gasteiger partial charge in [0.05, 0.1) is 0 Å². The minimum atomic E-state index is 0.556. The summed E-state index contributed by atoms with van der Waals surface area (Å²) in [7, 11) is 0. The molecule has 0 radical (unpaired) electrons. The smallest absolute Gasteiger partial charge is 0.212 e. The van der Waals surface area contributed by atoms with Crippen molar-refractivity contribution >= 4 is 45.6 Å². The molecule has 0 aromatic carbocycles. The molecular weight excluding hydrogens is 305 g/mol. The first-order valence-electron chi connectivity index (χ1n) is 4.33. The van der Waals surface area contributed by atoms with Crippen molar-refractivity contribution in [2.45, 2.75) is 6.92 Å². The molecule has 0 aliphatic rings. The summed E-state index contributed by atoms with van der Waals surface area (Å²) >= 11 is 2.21. The molecule has 2 heterocycles. The normalized spacial score (nSPS) is 10.3. The fraction of sp³-hybridized carbons (Fsp3) is 0.100. The lowest BCUT2D eigenvalue weighted by Gasteiger charge is -2.05. The molecule has 0 aliphatic heterocycles. The van der Waals surface area contributed by atoms with Crippen LogP contribution in [0.15, 0.2) is 18.5 Å². The van der Waals surface area contributed by atoms with E-state index in [4.69, 9.17) is 0 Å². The maximum Gasteiger partial charge on any atom is 0.212 e. The van der Waals surface area contributed by atoms with Crippen LogP contribution in [0.25, 0.3) is 10.8 Å². The van der Waals surface area contributed by atoms with Crippen molar-refractivity contribution in [3.8, 4) is 0 Å². The summed E-state index contributed by atoms with van der Waals surface area (Å²) < 4.78 is 1.05. The molecule has 0 aliphatic carbocycles. The molecular formula is C10H8IN3O. The number of aryl methyl sites for hydroxylation is 1. The predicted molar refractivity (Wildman–Crippen MR) is 66.7 cm³/mol. The highest BCUT2D eigenvalue weighted by molar-refractivity contribution is 14.1. The second-order valence-corrected chi connectivity index (χ2v) is 4.23. The van der Waals surface area contributed by atoms with E-state index in [9.17, 15) is 4.79 Å². The van der Waals surface area contributed by atoms with Gasteiger partial charge in [0.1, 0.15) is 5.82 Å². The van der Waals surface area contributed by atoms with Gasteiger partial charge in [0.2, 0.25) is 6.41 Å². The van der Waals surface area contributed by atoms with E-state index in [0.29, 0.717) is 12.2 Å². The van der Waals surface area contributed by atoms with Crippen LogP contribution in [0, 0.1) is 10.5 Å². The van der Waals surface area contributed by atoms with Crippen LogP contribution >= 0.6 is 22.6 Å². The van der Waals surface area contributed by atoms with Gasteiger partial charge in [-0.1, -0.05) is 0 Å². The number of aromatic nitrogens is 2. The Labute approximate surface area is 100 Å². The Morgan fingerprint density at radius 3 is 2.87 bits per heavy atom. The molecule has 76 valence electrons. The van der Waals surface area contributed by atoms with Crippen molar-refractivity contribution < 1.29 is 4.79 Å². The van der Waals surface area contributed by atoms with Crippen LogP contribution < -0.4 is 5.32 Å². The van der Waals surface area contributed by atoms with Gasteiger partial charge in [-0.15, -0.1) is 0 Å². The van der Waals surface area contributed by atoms with E-state index >= 15 is 0 Å². The highest BCUT2D eigenvalue weighted by atomic mass is 127. The van der Waals surface area contributed by atoms with E-state index in [1.54, 1.807) is 6.20 Å². The van der Waals surface area contributed by atoms with Crippen LogP contribution in [0.5, 0.6) is 0 Å². The van der Waals surface area contributed by atoms with Gasteiger partial charge in [-0.2, -0.15) is 0 Å². The summed E-state index contributed by atoms with van der Waals surface area (Å²) in [6, 6.07) is 1.85. The van der Waals surface area contributed by atoms with Gasteiger partial charge in [-0.3, -0.25) is 9.78 Å². The summed E-state index contributed by atoms with van der Waals surface area (Å²) in [5.74, 6) is 0.556. The minimum absolute atomic E-state index is 0.556. The first-order valence-corrected chi connectivity index (χ1v) is 5.41. The van der Waals surface area contributed by atoms with Crippen LogP contribution in [-0.4, -0.2) is 16.4 Å². The molecule has 15 heavy (non-hydrogen) atoms. The standard InChI is InChI=1S/C10H8IN3O/c1-6-8-3-13-10(14-5-15)2-7(8)9(11)4-12-6/h2-5H,1H3,(H,13,14,15). The molecule has 1 amide bonds. The summed E-state index contributed by atoms with van der Waals surface area (Å²) in [4.78, 5) is 18.7. The molecule has 0 bridgehead atoms. The molecule has 0 saturated heterocycles. The van der Waals surface area contributed by atoms with Gasteiger partial charge in [0.15, 0.2) is 0 Å². The fourth-order valence-electron chi connectivity index (χ4n) is 1.37. The molecule has 2 aromatic rings. The van der Waals surface area contributed by atoms with Crippen LogP contribution in [0.3, 0.4) is 0 Å². The minimum Gasteiger partial charge on any atom is -0.313 e. The summed E-state index contributed by atoms with van der Waals surface area (Å²) in [6.07, 6.45) is 4.16. The number of anilines is 1. The SMILES string of the molecule is Cc1ncc(I)c2cc(NC=O)ncc12. The second-order valence-electron chi connectivity index (χ2n) is 3.07. The van der Waals surface area contributed by atoms with Crippen molar-refractivity contribution in [2.24, 2.45) is 0 Å². The van der Waals surface area contributed by atoms with Gasteiger partial charge in [-0.25, -0.2) is 4.98 Å². The third kappa shape index (κ3) is 1.92. The number of halogens is 1. The zero-order valence-corrected chi connectivity index (χ0v) is 10.1. The van der Waals surface area contributed by atoms with Crippen LogP contribution in [0.2, 0.25) is 0 Å². The second kappa shape index (κ2) is 4.09. The van der Waals surface area contributed by atoms with Crippen molar-refractivity contribution in [2.75, 3.05) is 5.32 Å². The highest BCUT2D eigenvalue weighted by Crippen LogP contribution is 2.23. The van der Waals surface area contributed by atoms with Gasteiger partial charge in [0, 0.05) is 32.4 Å². The third-order valence-electron chi connectivity index (χ3n) is 2.13. The Hall–Kier alpha value is -1.24. The number of fused-ring (bicyclic) bond motifs is 1. The van der Waals surface area contributed by atoms with E-state index in [1.165, 1.54) is 0 Å². The Kier molecular flexibility index (Phi) is 2.81. The van der Waals surface area contributed by atoms with Crippen LogP contribution in [-0.2, 0) is 4.79 Å². The van der Waals surface area contributed by atoms with Crippen LogP contribution in [0.1, 0.15) is 5.69 Å². The van der Waals surface area contributed by atoms with Crippen molar-refractivity contribution in [3.05, 3.63) is 27.7 Å². The zero-order chi connectivity index (χ0) is 10.8. The van der Waals surface area contributed by atoms with Gasteiger partial charge < -0.3 is 5.32 Å². The zero-order valence-electron chi connectivity index (χ0n) is 7.99. The molecule has 0 fully saturated rings. The van der Waals surface area contributed by atoms with E-state index in [0.717, 1.165) is 20.0 Å². The number of rotatable bonds is 2. The Morgan fingerprint density at radius 1 is 1.33 bits per heavy atom. The van der Waals surface area contributed by atoms with Crippen molar-refractivity contribution in [1.82, 2.24) is 9.97 Å². The van der Waals surface area contributed by atoms with Crippen molar-refractivity contribution in [3.63, 3.8) is 0 Å². The Balaban J connectivity index is 2.69. The highest BCUT2D eigenvalue weighted by Gasteiger charge is 2.04. The number of carbonyl (C=O) groups is 1. The molecule has 0 spiro atoms. The summed E-state index contributed by atoms with van der Waals surface area (Å²) in [5.41, 5.74) is 0.940. The predicted octanol–water partition coefficient (Wildman–Crippen LogP) is 2.11. The summed E-state index contributed by atoms with van der Waals surface area (Å²) in [5, 5.41) is 4.60. The molecule has 4 nitrogen and oxygen atoms in total. The fourth-order valence-corrected chi connectivity index (χ4v) is 1.96. The van der Waals surface area contributed by atoms with Crippen LogP contribution in [0.4, 0.5) is 5.82 Å². The number of pyridine rings is 2. The monoisotopic (exact) mass is 313 g/mol. The van der Waals surface area contributed by atoms with E-state index < -0.39 is 0 Å². The van der Waals surface area contributed by atoms with Gasteiger partial charge >= 0.3 is 0 Å². The molecule has 0 atom stereocenters. The number of nitrogens with zero attached hydrogens (tertiary/aromatic N) is 2. The lowest BCUT2D eigenvalue weighted by atomic mass is 10.2. The number of carbonyl (C=O) groups excluding carboxylic acids is 1. The first-order chi connectivity index (χ1) is 7.22. The van der Waals surface area contributed by atoms with Gasteiger partial charge in [-0.05, 0) is 35.6 Å². The molecule has 1 N–H and O–H groups in total. The molecule has 0 unspecified atom stereocenters. The molecule has 2 aromatic heterocycles. The quantitative estimate of drug-likeness (QED) is 0.682. The van der Waals surface area contributed by atoms with Gasteiger partial charge in [0.25, 0.3) is 0 Å².